The zero-order valence-corrected chi connectivity index (χ0v) is 20.5. The van der Waals surface area contributed by atoms with Gasteiger partial charge >= 0.3 is 5.69 Å². The number of aryl methyl sites for hydroxylation is 1. The van der Waals surface area contributed by atoms with Gasteiger partial charge in [0, 0.05) is 56.0 Å². The Morgan fingerprint density at radius 1 is 1.14 bits per heavy atom. The van der Waals surface area contributed by atoms with Crippen molar-refractivity contribution < 1.29 is 9.66 Å². The molecule has 0 aliphatic heterocycles. The highest BCUT2D eigenvalue weighted by Gasteiger charge is 2.28. The maximum absolute atomic E-state index is 12.1. The van der Waals surface area contributed by atoms with Crippen LogP contribution in [0.15, 0.2) is 54.9 Å². The first-order valence-corrected chi connectivity index (χ1v) is 11.2. The molecule has 182 valence electrons. The second-order valence-corrected chi connectivity index (χ2v) is 8.47. The molecule has 0 atom stereocenters. The van der Waals surface area contributed by atoms with Crippen LogP contribution in [0.2, 0.25) is 0 Å². The van der Waals surface area contributed by atoms with Gasteiger partial charge in [0.1, 0.15) is 5.69 Å². The summed E-state index contributed by atoms with van der Waals surface area (Å²) in [6.07, 6.45) is 3.69. The van der Waals surface area contributed by atoms with Crippen LogP contribution in [0.4, 0.5) is 23.0 Å². The number of hydrogen-bond donors (Lipinski definition) is 1. The molecule has 0 bridgehead atoms. The van der Waals surface area contributed by atoms with E-state index >= 15 is 0 Å². The van der Waals surface area contributed by atoms with E-state index in [1.54, 1.807) is 30.3 Å². The molecule has 0 saturated carbocycles. The number of anilines is 3. The molecule has 4 aromatic rings. The number of nitro benzene ring substituents is 1. The minimum atomic E-state index is -0.434. The average Bonchev–Trinajstić information content (AvgIpc) is 3.19. The number of rotatable bonds is 9. The number of nitrogens with one attached hydrogen (secondary N) is 1. The fourth-order valence-corrected chi connectivity index (χ4v) is 4.08. The molecule has 2 heterocycles. The third-order valence-corrected chi connectivity index (χ3v) is 5.85. The predicted molar refractivity (Wildman–Crippen MR) is 139 cm³/mol. The number of ether oxygens (including phenoxy) is 1. The van der Waals surface area contributed by atoms with Crippen molar-refractivity contribution in [3.8, 4) is 17.0 Å². The molecule has 0 amide bonds. The lowest BCUT2D eigenvalue weighted by atomic mass is 10.1. The summed E-state index contributed by atoms with van der Waals surface area (Å²) in [6, 6.07) is 13.4. The maximum Gasteiger partial charge on any atom is 0.336 e. The van der Waals surface area contributed by atoms with Crippen LogP contribution >= 0.6 is 0 Å². The first-order valence-electron chi connectivity index (χ1n) is 11.2. The zero-order valence-electron chi connectivity index (χ0n) is 20.5. The van der Waals surface area contributed by atoms with Crippen LogP contribution in [-0.4, -0.2) is 65.7 Å². The molecule has 4 rings (SSSR count). The van der Waals surface area contributed by atoms with Gasteiger partial charge in [0.15, 0.2) is 0 Å². The highest BCUT2D eigenvalue weighted by molar-refractivity contribution is 5.95. The van der Waals surface area contributed by atoms with Crippen LogP contribution in [0.3, 0.4) is 0 Å². The minimum Gasteiger partial charge on any atom is -0.489 e. The highest BCUT2D eigenvalue weighted by atomic mass is 16.6. The van der Waals surface area contributed by atoms with Gasteiger partial charge in [-0.3, -0.25) is 10.1 Å². The van der Waals surface area contributed by atoms with Crippen LogP contribution < -0.4 is 15.0 Å². The Morgan fingerprint density at radius 3 is 2.63 bits per heavy atom. The Bertz CT molecular complexity index is 1370. The lowest BCUT2D eigenvalue weighted by Crippen LogP contribution is -2.21. The van der Waals surface area contributed by atoms with E-state index in [1.165, 1.54) is 7.11 Å². The first-order chi connectivity index (χ1) is 16.8. The Kier molecular flexibility index (Phi) is 6.83. The van der Waals surface area contributed by atoms with Gasteiger partial charge in [-0.1, -0.05) is 18.2 Å². The van der Waals surface area contributed by atoms with Gasteiger partial charge in [-0.2, -0.15) is 0 Å². The largest absolute Gasteiger partial charge is 0.489 e. The summed E-state index contributed by atoms with van der Waals surface area (Å²) < 4.78 is 7.53. The molecule has 0 spiro atoms. The van der Waals surface area contributed by atoms with Crippen molar-refractivity contribution in [3.63, 3.8) is 0 Å². The van der Waals surface area contributed by atoms with E-state index in [9.17, 15) is 10.1 Å². The number of likely N-dealkylation sites (N-methyl/N-ethyl adjacent to an activating group) is 1. The lowest BCUT2D eigenvalue weighted by Gasteiger charge is -2.20. The number of fused-ring (bicyclic) bond motifs is 1. The standard InChI is InChI=1S/C25H29N7O3/c1-29(2)15-14-26-20-10-11-22(23(32(33)34)24(20)35-5)31(4)25-27-13-12-19(28-25)18-16-30(3)21-9-7-6-8-17(18)21/h6-13,16,26H,14-15H2,1-5H3. The second-order valence-electron chi connectivity index (χ2n) is 8.47. The summed E-state index contributed by atoms with van der Waals surface area (Å²) in [5, 5.41) is 16.4. The van der Waals surface area contributed by atoms with Gasteiger partial charge < -0.3 is 24.4 Å². The molecule has 0 aliphatic carbocycles. The summed E-state index contributed by atoms with van der Waals surface area (Å²) in [6.45, 7) is 1.39. The van der Waals surface area contributed by atoms with Crippen LogP contribution in [0.1, 0.15) is 0 Å². The second kappa shape index (κ2) is 9.98. The number of methoxy groups -OCH3 is 1. The van der Waals surface area contributed by atoms with E-state index in [-0.39, 0.29) is 11.4 Å². The monoisotopic (exact) mass is 475 g/mol. The molecule has 2 aromatic carbocycles. The topological polar surface area (TPSA) is 102 Å². The fourth-order valence-electron chi connectivity index (χ4n) is 4.08. The number of benzene rings is 2. The normalized spacial score (nSPS) is 11.1. The summed E-state index contributed by atoms with van der Waals surface area (Å²) in [4.78, 5) is 24.5. The highest BCUT2D eigenvalue weighted by Crippen LogP contribution is 2.43. The molecular formula is C25H29N7O3. The average molecular weight is 476 g/mol. The van der Waals surface area contributed by atoms with Crippen LogP contribution in [0.5, 0.6) is 5.75 Å². The van der Waals surface area contributed by atoms with Crippen molar-refractivity contribution >= 4 is 33.9 Å². The number of hydrogen-bond acceptors (Lipinski definition) is 8. The van der Waals surface area contributed by atoms with E-state index in [4.69, 9.17) is 9.72 Å². The van der Waals surface area contributed by atoms with Gasteiger partial charge in [-0.05, 0) is 38.4 Å². The van der Waals surface area contributed by atoms with E-state index in [1.807, 2.05) is 61.1 Å². The van der Waals surface area contributed by atoms with Crippen molar-refractivity contribution in [1.82, 2.24) is 19.4 Å². The van der Waals surface area contributed by atoms with Gasteiger partial charge in [-0.15, -0.1) is 0 Å². The Morgan fingerprint density at radius 2 is 1.91 bits per heavy atom. The molecule has 0 aliphatic rings. The molecule has 10 nitrogen and oxygen atoms in total. The summed E-state index contributed by atoms with van der Waals surface area (Å²) in [7, 11) is 9.06. The predicted octanol–water partition coefficient (Wildman–Crippen LogP) is 4.29. The molecule has 35 heavy (non-hydrogen) atoms. The summed E-state index contributed by atoms with van der Waals surface area (Å²) >= 11 is 0. The summed E-state index contributed by atoms with van der Waals surface area (Å²) in [5.74, 6) is 0.511. The Hall–Kier alpha value is -4.18. The van der Waals surface area contributed by atoms with E-state index in [0.717, 1.165) is 28.7 Å². The number of nitrogens with zero attached hydrogens (tertiary/aromatic N) is 6. The molecule has 0 unspecified atom stereocenters. The van der Waals surface area contributed by atoms with Crippen LogP contribution in [-0.2, 0) is 7.05 Å². The van der Waals surface area contributed by atoms with Gasteiger partial charge in [-0.25, -0.2) is 9.97 Å². The molecule has 0 radical (unpaired) electrons. The Labute approximate surface area is 203 Å². The zero-order chi connectivity index (χ0) is 25.1. The third kappa shape index (κ3) is 4.73. The molecule has 1 N–H and O–H groups in total. The first kappa shape index (κ1) is 24.0. The van der Waals surface area contributed by atoms with Crippen molar-refractivity contribution in [2.45, 2.75) is 0 Å². The molecular weight excluding hydrogens is 446 g/mol. The smallest absolute Gasteiger partial charge is 0.336 e. The molecule has 2 aromatic heterocycles. The van der Waals surface area contributed by atoms with Crippen LogP contribution in [0.25, 0.3) is 22.2 Å². The molecule has 0 fully saturated rings. The van der Waals surface area contributed by atoms with Gasteiger partial charge in [0.2, 0.25) is 11.7 Å². The van der Waals surface area contributed by atoms with Crippen molar-refractivity contribution in [2.24, 2.45) is 7.05 Å². The summed E-state index contributed by atoms with van der Waals surface area (Å²) in [5.41, 5.74) is 3.53. The quantitative estimate of drug-likeness (QED) is 0.283. The molecule has 0 saturated heterocycles. The molecule has 10 heteroatoms. The SMILES string of the molecule is COc1c(NCCN(C)C)ccc(N(C)c2nccc(-c3cn(C)c4ccccc34)n2)c1[N+](=O)[O-]. The van der Waals surface area contributed by atoms with Crippen molar-refractivity contribution in [2.75, 3.05) is 51.6 Å². The fraction of sp³-hybridized carbons (Fsp3) is 0.280. The van der Waals surface area contributed by atoms with Crippen molar-refractivity contribution in [3.05, 3.63) is 65.0 Å². The van der Waals surface area contributed by atoms with Crippen molar-refractivity contribution in [1.29, 1.82) is 0 Å². The van der Waals surface area contributed by atoms with E-state index < -0.39 is 4.92 Å². The van der Waals surface area contributed by atoms with E-state index in [2.05, 4.69) is 16.4 Å². The lowest BCUT2D eigenvalue weighted by molar-refractivity contribution is -0.384. The van der Waals surface area contributed by atoms with Gasteiger partial charge in [0.25, 0.3) is 0 Å². The number of aromatic nitrogens is 3. The van der Waals surface area contributed by atoms with E-state index in [0.29, 0.717) is 23.9 Å². The third-order valence-electron chi connectivity index (χ3n) is 5.85. The maximum atomic E-state index is 12.1. The van der Waals surface area contributed by atoms with Crippen LogP contribution in [0, 0.1) is 10.1 Å². The number of para-hydroxylation sites is 1. The minimum absolute atomic E-state index is 0.149. The number of nitro groups is 1. The van der Waals surface area contributed by atoms with Gasteiger partial charge in [0.05, 0.1) is 23.4 Å². The Balaban J connectivity index is 1.74.